The molecule has 0 spiro atoms. The van der Waals surface area contributed by atoms with Crippen LogP contribution in [0.25, 0.3) is 0 Å². The zero-order valence-electron chi connectivity index (χ0n) is 14.9. The fourth-order valence-corrected chi connectivity index (χ4v) is 5.04. The standard InChI is InChI=1S/C21H30N2O/c1-22(18-11-5-6-12-19(18)23-15-7-8-16-23)20(24)21(13-14-21)17-9-3-2-4-10-17/h2-4,9-10,18-19H,5-8,11-16H2,1H3/t18?,19-/m1/s1. The van der Waals surface area contributed by atoms with Gasteiger partial charge in [0.2, 0.25) is 5.91 Å². The second-order valence-corrected chi connectivity index (χ2v) is 8.03. The smallest absolute Gasteiger partial charge is 0.233 e. The van der Waals surface area contributed by atoms with Crippen molar-refractivity contribution in [2.75, 3.05) is 20.1 Å². The zero-order valence-corrected chi connectivity index (χ0v) is 14.9. The average Bonchev–Trinajstić information content (AvgIpc) is 3.28. The third-order valence-corrected chi connectivity index (χ3v) is 6.61. The summed E-state index contributed by atoms with van der Waals surface area (Å²) in [5.74, 6) is 0.366. The Hall–Kier alpha value is -1.35. The molecule has 3 fully saturated rings. The molecule has 1 aromatic carbocycles. The lowest BCUT2D eigenvalue weighted by Gasteiger charge is -2.43. The van der Waals surface area contributed by atoms with Crippen LogP contribution in [0.5, 0.6) is 0 Å². The van der Waals surface area contributed by atoms with Crippen LogP contribution in [0.2, 0.25) is 0 Å². The monoisotopic (exact) mass is 326 g/mol. The van der Waals surface area contributed by atoms with Gasteiger partial charge in [-0.3, -0.25) is 9.69 Å². The Bertz CT molecular complexity index is 575. The average molecular weight is 326 g/mol. The molecule has 3 aliphatic rings. The molecular formula is C21H30N2O. The molecule has 1 aromatic rings. The Kier molecular flexibility index (Phi) is 4.38. The van der Waals surface area contributed by atoms with E-state index in [4.69, 9.17) is 0 Å². The van der Waals surface area contributed by atoms with Crippen LogP contribution in [0.1, 0.15) is 56.9 Å². The van der Waals surface area contributed by atoms with Crippen molar-refractivity contribution in [2.45, 2.75) is 68.9 Å². The lowest BCUT2D eigenvalue weighted by molar-refractivity contribution is -0.137. The second kappa shape index (κ2) is 6.51. The van der Waals surface area contributed by atoms with Crippen LogP contribution in [0.15, 0.2) is 30.3 Å². The van der Waals surface area contributed by atoms with Crippen LogP contribution >= 0.6 is 0 Å². The van der Waals surface area contributed by atoms with E-state index < -0.39 is 0 Å². The molecule has 0 radical (unpaired) electrons. The number of carbonyl (C=O) groups excluding carboxylic acids is 1. The molecule has 1 aliphatic heterocycles. The number of nitrogens with zero attached hydrogens (tertiary/aromatic N) is 2. The molecule has 2 saturated carbocycles. The summed E-state index contributed by atoms with van der Waals surface area (Å²) in [6.45, 7) is 2.46. The van der Waals surface area contributed by atoms with Crippen molar-refractivity contribution in [1.82, 2.24) is 9.80 Å². The van der Waals surface area contributed by atoms with Crippen molar-refractivity contribution >= 4 is 5.91 Å². The van der Waals surface area contributed by atoms with Gasteiger partial charge in [-0.05, 0) is 57.2 Å². The molecule has 3 heteroatoms. The minimum Gasteiger partial charge on any atom is -0.340 e. The van der Waals surface area contributed by atoms with Crippen LogP contribution in [-0.4, -0.2) is 47.9 Å². The highest BCUT2D eigenvalue weighted by molar-refractivity contribution is 5.91. The van der Waals surface area contributed by atoms with Gasteiger partial charge >= 0.3 is 0 Å². The minimum atomic E-state index is -0.219. The van der Waals surface area contributed by atoms with Crippen LogP contribution in [-0.2, 0) is 10.2 Å². The predicted molar refractivity (Wildman–Crippen MR) is 97.0 cm³/mol. The van der Waals surface area contributed by atoms with E-state index in [1.165, 1.54) is 57.2 Å². The van der Waals surface area contributed by atoms with Gasteiger partial charge in [0.15, 0.2) is 0 Å². The Morgan fingerprint density at radius 2 is 1.71 bits per heavy atom. The lowest BCUT2D eigenvalue weighted by Crippen LogP contribution is -2.55. The van der Waals surface area contributed by atoms with Gasteiger partial charge in [-0.2, -0.15) is 0 Å². The Balaban J connectivity index is 1.53. The Morgan fingerprint density at radius 1 is 1.04 bits per heavy atom. The minimum absolute atomic E-state index is 0.219. The van der Waals surface area contributed by atoms with Gasteiger partial charge in [-0.25, -0.2) is 0 Å². The maximum Gasteiger partial charge on any atom is 0.233 e. The van der Waals surface area contributed by atoms with Crippen molar-refractivity contribution in [3.63, 3.8) is 0 Å². The van der Waals surface area contributed by atoms with Crippen LogP contribution < -0.4 is 0 Å². The van der Waals surface area contributed by atoms with Crippen LogP contribution in [0.3, 0.4) is 0 Å². The third kappa shape index (κ3) is 2.77. The zero-order chi connectivity index (χ0) is 16.6. The van der Waals surface area contributed by atoms with Crippen molar-refractivity contribution in [3.05, 3.63) is 35.9 Å². The number of hydrogen-bond donors (Lipinski definition) is 0. The summed E-state index contributed by atoms with van der Waals surface area (Å²) < 4.78 is 0. The molecule has 3 nitrogen and oxygen atoms in total. The topological polar surface area (TPSA) is 23.6 Å². The van der Waals surface area contributed by atoms with Gasteiger partial charge < -0.3 is 4.90 Å². The maximum absolute atomic E-state index is 13.4. The van der Waals surface area contributed by atoms with Gasteiger partial charge in [0.05, 0.1) is 5.41 Å². The van der Waals surface area contributed by atoms with Crippen molar-refractivity contribution in [2.24, 2.45) is 0 Å². The first-order valence-corrected chi connectivity index (χ1v) is 9.79. The molecule has 0 aromatic heterocycles. The summed E-state index contributed by atoms with van der Waals surface area (Å²) in [4.78, 5) is 18.2. The van der Waals surface area contributed by atoms with E-state index in [2.05, 4.69) is 41.1 Å². The van der Waals surface area contributed by atoms with Crippen LogP contribution in [0.4, 0.5) is 0 Å². The summed E-state index contributed by atoms with van der Waals surface area (Å²) in [6.07, 6.45) is 9.72. The molecular weight excluding hydrogens is 296 g/mol. The van der Waals surface area contributed by atoms with E-state index in [0.29, 0.717) is 18.0 Å². The quantitative estimate of drug-likeness (QED) is 0.844. The number of likely N-dealkylation sites (N-methyl/N-ethyl adjacent to an activating group) is 1. The molecule has 1 saturated heterocycles. The molecule has 4 rings (SSSR count). The third-order valence-electron chi connectivity index (χ3n) is 6.61. The molecule has 2 atom stereocenters. The fraction of sp³-hybridized carbons (Fsp3) is 0.667. The SMILES string of the molecule is CN(C(=O)C1(c2ccccc2)CC1)C1CCCC[C@H]1N1CCCC1. The van der Waals surface area contributed by atoms with Gasteiger partial charge in [0, 0.05) is 19.1 Å². The highest BCUT2D eigenvalue weighted by Crippen LogP contribution is 2.50. The van der Waals surface area contributed by atoms with Gasteiger partial charge in [0.1, 0.15) is 0 Å². The highest BCUT2D eigenvalue weighted by atomic mass is 16.2. The molecule has 0 N–H and O–H groups in total. The first-order chi connectivity index (χ1) is 11.7. The first kappa shape index (κ1) is 16.1. The molecule has 0 bridgehead atoms. The largest absolute Gasteiger partial charge is 0.340 e. The van der Waals surface area contributed by atoms with Gasteiger partial charge in [0.25, 0.3) is 0 Å². The highest BCUT2D eigenvalue weighted by Gasteiger charge is 2.53. The maximum atomic E-state index is 13.4. The lowest BCUT2D eigenvalue weighted by atomic mass is 9.86. The first-order valence-electron chi connectivity index (χ1n) is 9.79. The number of amides is 1. The number of likely N-dealkylation sites (tertiary alicyclic amines) is 1. The number of benzene rings is 1. The van der Waals surface area contributed by atoms with E-state index in [9.17, 15) is 4.79 Å². The van der Waals surface area contributed by atoms with Gasteiger partial charge in [-0.1, -0.05) is 43.2 Å². The van der Waals surface area contributed by atoms with E-state index in [-0.39, 0.29) is 5.41 Å². The summed E-state index contributed by atoms with van der Waals surface area (Å²) in [6, 6.07) is 11.4. The van der Waals surface area contributed by atoms with Crippen molar-refractivity contribution in [1.29, 1.82) is 0 Å². The molecule has 1 unspecified atom stereocenters. The Labute approximate surface area is 146 Å². The fourth-order valence-electron chi connectivity index (χ4n) is 5.04. The van der Waals surface area contributed by atoms with Gasteiger partial charge in [-0.15, -0.1) is 0 Å². The van der Waals surface area contributed by atoms with Crippen LogP contribution in [0, 0.1) is 0 Å². The summed E-state index contributed by atoms with van der Waals surface area (Å²) in [7, 11) is 2.07. The summed E-state index contributed by atoms with van der Waals surface area (Å²) in [5, 5.41) is 0. The molecule has 1 amide bonds. The van der Waals surface area contributed by atoms with E-state index in [1.54, 1.807) is 0 Å². The van der Waals surface area contributed by atoms with E-state index in [1.807, 2.05) is 6.07 Å². The van der Waals surface area contributed by atoms with Crippen molar-refractivity contribution < 1.29 is 4.79 Å². The van der Waals surface area contributed by atoms with E-state index in [0.717, 1.165) is 12.8 Å². The second-order valence-electron chi connectivity index (χ2n) is 8.03. The summed E-state index contributed by atoms with van der Waals surface area (Å²) >= 11 is 0. The van der Waals surface area contributed by atoms with E-state index >= 15 is 0 Å². The molecule has 24 heavy (non-hydrogen) atoms. The number of carbonyl (C=O) groups is 1. The molecule has 130 valence electrons. The molecule has 1 heterocycles. The number of rotatable bonds is 4. The Morgan fingerprint density at radius 3 is 2.38 bits per heavy atom. The molecule has 2 aliphatic carbocycles. The normalized spacial score (nSPS) is 29.4. The number of hydrogen-bond acceptors (Lipinski definition) is 2. The predicted octanol–water partition coefficient (Wildman–Crippen LogP) is 3.58. The summed E-state index contributed by atoms with van der Waals surface area (Å²) in [5.41, 5.74) is 0.999. The van der Waals surface area contributed by atoms with Crippen molar-refractivity contribution in [3.8, 4) is 0 Å².